The molecule has 5 rings (SSSR count). The van der Waals surface area contributed by atoms with Gasteiger partial charge in [0.2, 0.25) is 0 Å². The fourth-order valence-electron chi connectivity index (χ4n) is 3.88. The van der Waals surface area contributed by atoms with E-state index in [2.05, 4.69) is 20.3 Å². The molecule has 0 radical (unpaired) electrons. The predicted octanol–water partition coefficient (Wildman–Crippen LogP) is 4.79. The number of benzene rings is 2. The molecule has 0 saturated heterocycles. The molecular formula is C28H25N5O3. The maximum Gasteiger partial charge on any atom is 0.255 e. The molecule has 5 aromatic rings. The summed E-state index contributed by atoms with van der Waals surface area (Å²) in [6.45, 7) is 4.26. The summed E-state index contributed by atoms with van der Waals surface area (Å²) < 4.78 is 7.87. The molecule has 3 aromatic heterocycles. The number of pyridine rings is 1. The Labute approximate surface area is 207 Å². The Morgan fingerprint density at radius 2 is 1.86 bits per heavy atom. The van der Waals surface area contributed by atoms with Gasteiger partial charge in [0, 0.05) is 41.0 Å². The summed E-state index contributed by atoms with van der Waals surface area (Å²) >= 11 is 0. The van der Waals surface area contributed by atoms with Gasteiger partial charge in [-0.05, 0) is 55.3 Å². The number of nitrogens with zero attached hydrogens (tertiary/aromatic N) is 3. The highest BCUT2D eigenvalue weighted by Crippen LogP contribution is 2.21. The number of aromatic amines is 1. The first kappa shape index (κ1) is 23.0. The number of hydrogen-bond donors (Lipinski definition) is 2. The van der Waals surface area contributed by atoms with Gasteiger partial charge in [-0.15, -0.1) is 0 Å². The third kappa shape index (κ3) is 5.17. The lowest BCUT2D eigenvalue weighted by molar-refractivity contribution is 0.102. The second-order valence-electron chi connectivity index (χ2n) is 8.49. The number of hydrogen-bond acceptors (Lipinski definition) is 5. The first-order chi connectivity index (χ1) is 17.5. The Balaban J connectivity index is 1.28. The zero-order chi connectivity index (χ0) is 25.1. The summed E-state index contributed by atoms with van der Waals surface area (Å²) in [5, 5.41) is 2.91. The molecule has 0 atom stereocenters. The highest BCUT2D eigenvalue weighted by molar-refractivity contribution is 6.04. The van der Waals surface area contributed by atoms with E-state index in [1.807, 2.05) is 48.8 Å². The minimum Gasteiger partial charge on any atom is -0.487 e. The van der Waals surface area contributed by atoms with Gasteiger partial charge in [-0.25, -0.2) is 9.97 Å². The van der Waals surface area contributed by atoms with Crippen molar-refractivity contribution in [1.29, 1.82) is 0 Å². The van der Waals surface area contributed by atoms with Crippen LogP contribution in [0.3, 0.4) is 0 Å². The number of amides is 1. The van der Waals surface area contributed by atoms with Crippen molar-refractivity contribution < 1.29 is 9.53 Å². The molecule has 0 unspecified atom stereocenters. The topological polar surface area (TPSA) is 101 Å². The first-order valence-corrected chi connectivity index (χ1v) is 11.7. The Bertz CT molecular complexity index is 1620. The van der Waals surface area contributed by atoms with E-state index in [1.54, 1.807) is 42.5 Å². The van der Waals surface area contributed by atoms with Crippen LogP contribution in [-0.2, 0) is 13.0 Å². The second kappa shape index (κ2) is 9.87. The summed E-state index contributed by atoms with van der Waals surface area (Å²) in [6, 6.07) is 19.7. The average molecular weight is 480 g/mol. The molecule has 0 saturated carbocycles. The van der Waals surface area contributed by atoms with E-state index in [-0.39, 0.29) is 18.1 Å². The van der Waals surface area contributed by atoms with Gasteiger partial charge < -0.3 is 19.4 Å². The summed E-state index contributed by atoms with van der Waals surface area (Å²) in [7, 11) is 0. The number of carbonyl (C=O) groups is 1. The second-order valence-corrected chi connectivity index (χ2v) is 8.49. The smallest absolute Gasteiger partial charge is 0.255 e. The largest absolute Gasteiger partial charge is 0.487 e. The molecule has 2 aromatic carbocycles. The summed E-state index contributed by atoms with van der Waals surface area (Å²) in [4.78, 5) is 36.7. The molecular weight excluding hydrogens is 454 g/mol. The number of imidazole rings is 1. The zero-order valence-electron chi connectivity index (χ0n) is 20.0. The van der Waals surface area contributed by atoms with Gasteiger partial charge >= 0.3 is 0 Å². The fraction of sp³-hybridized carbons (Fsp3) is 0.143. The molecule has 180 valence electrons. The van der Waals surface area contributed by atoms with Crippen LogP contribution in [0.5, 0.6) is 5.75 Å². The Kier molecular flexibility index (Phi) is 6.32. The van der Waals surface area contributed by atoms with Gasteiger partial charge in [0.05, 0.1) is 5.69 Å². The molecule has 0 spiro atoms. The molecule has 0 fully saturated rings. The first-order valence-electron chi connectivity index (χ1n) is 11.7. The summed E-state index contributed by atoms with van der Waals surface area (Å²) in [6.07, 6.45) is 4.60. The molecule has 0 aliphatic heterocycles. The van der Waals surface area contributed by atoms with Crippen molar-refractivity contribution in [2.24, 2.45) is 0 Å². The number of anilines is 1. The van der Waals surface area contributed by atoms with Crippen LogP contribution in [0.15, 0.2) is 83.9 Å². The SMILES string of the molecule is CCc1cc(=O)[nH]c(-c2cccc(NC(=O)c3cccc(OCc4cn5cc(C)ccc5n4)c3)c2)n1. The fourth-order valence-corrected chi connectivity index (χ4v) is 3.88. The third-order valence-electron chi connectivity index (χ3n) is 5.68. The zero-order valence-corrected chi connectivity index (χ0v) is 20.0. The standard InChI is InChI=1S/C28H25N5O3/c1-3-21-14-26(34)32-27(30-21)19-6-4-8-22(12-19)31-28(35)20-7-5-9-24(13-20)36-17-23-16-33-15-18(2)10-11-25(33)29-23/h4-16H,3,17H2,1-2H3,(H,31,35)(H,30,32,34). The van der Waals surface area contributed by atoms with Gasteiger partial charge in [-0.2, -0.15) is 0 Å². The summed E-state index contributed by atoms with van der Waals surface area (Å²) in [5.41, 5.74) is 5.06. The summed E-state index contributed by atoms with van der Waals surface area (Å²) in [5.74, 6) is 0.764. The van der Waals surface area contributed by atoms with Crippen LogP contribution in [0.1, 0.15) is 34.2 Å². The van der Waals surface area contributed by atoms with Crippen LogP contribution in [0, 0.1) is 6.92 Å². The van der Waals surface area contributed by atoms with Crippen LogP contribution < -0.4 is 15.6 Å². The molecule has 0 aliphatic rings. The normalized spacial score (nSPS) is 10.9. The van der Waals surface area contributed by atoms with Crippen molar-refractivity contribution in [2.75, 3.05) is 5.32 Å². The minimum absolute atomic E-state index is 0.207. The molecule has 8 heteroatoms. The van der Waals surface area contributed by atoms with E-state index < -0.39 is 0 Å². The van der Waals surface area contributed by atoms with Crippen molar-refractivity contribution in [1.82, 2.24) is 19.4 Å². The molecule has 3 heterocycles. The number of rotatable bonds is 7. The predicted molar refractivity (Wildman–Crippen MR) is 138 cm³/mol. The molecule has 0 aliphatic carbocycles. The lowest BCUT2D eigenvalue weighted by Crippen LogP contribution is -2.12. The van der Waals surface area contributed by atoms with E-state index in [9.17, 15) is 9.59 Å². The van der Waals surface area contributed by atoms with E-state index in [0.29, 0.717) is 40.5 Å². The number of H-pyrrole nitrogens is 1. The van der Waals surface area contributed by atoms with Crippen molar-refractivity contribution in [3.63, 3.8) is 0 Å². The maximum absolute atomic E-state index is 12.9. The molecule has 8 nitrogen and oxygen atoms in total. The van der Waals surface area contributed by atoms with E-state index in [1.165, 1.54) is 6.07 Å². The van der Waals surface area contributed by atoms with Crippen molar-refractivity contribution >= 4 is 17.2 Å². The van der Waals surface area contributed by atoms with E-state index >= 15 is 0 Å². The number of carbonyl (C=O) groups excluding carboxylic acids is 1. The number of aryl methyl sites for hydroxylation is 2. The highest BCUT2D eigenvalue weighted by atomic mass is 16.5. The Morgan fingerprint density at radius 1 is 1.00 bits per heavy atom. The number of fused-ring (bicyclic) bond motifs is 1. The highest BCUT2D eigenvalue weighted by Gasteiger charge is 2.10. The Morgan fingerprint density at radius 3 is 2.72 bits per heavy atom. The van der Waals surface area contributed by atoms with Crippen molar-refractivity contribution in [3.8, 4) is 17.1 Å². The third-order valence-corrected chi connectivity index (χ3v) is 5.68. The molecule has 1 amide bonds. The Hall–Kier alpha value is -4.72. The van der Waals surface area contributed by atoms with E-state index in [0.717, 1.165) is 16.9 Å². The molecule has 2 N–H and O–H groups in total. The lowest BCUT2D eigenvalue weighted by atomic mass is 10.1. The quantitative estimate of drug-likeness (QED) is 0.350. The van der Waals surface area contributed by atoms with Gasteiger partial charge in [-0.1, -0.05) is 31.2 Å². The van der Waals surface area contributed by atoms with Crippen LogP contribution >= 0.6 is 0 Å². The van der Waals surface area contributed by atoms with Crippen molar-refractivity contribution in [3.05, 3.63) is 112 Å². The van der Waals surface area contributed by atoms with Gasteiger partial charge in [0.25, 0.3) is 11.5 Å². The maximum atomic E-state index is 12.9. The van der Waals surface area contributed by atoms with Gasteiger partial charge in [0.1, 0.15) is 23.8 Å². The van der Waals surface area contributed by atoms with Crippen LogP contribution in [0.2, 0.25) is 0 Å². The van der Waals surface area contributed by atoms with Crippen LogP contribution in [-0.4, -0.2) is 25.3 Å². The van der Waals surface area contributed by atoms with Crippen LogP contribution in [0.4, 0.5) is 5.69 Å². The van der Waals surface area contributed by atoms with Crippen molar-refractivity contribution in [2.45, 2.75) is 26.9 Å². The monoisotopic (exact) mass is 479 g/mol. The average Bonchev–Trinajstić information content (AvgIpc) is 3.29. The number of ether oxygens (including phenoxy) is 1. The molecule has 36 heavy (non-hydrogen) atoms. The van der Waals surface area contributed by atoms with Gasteiger partial charge in [0.15, 0.2) is 0 Å². The number of nitrogens with one attached hydrogen (secondary N) is 2. The molecule has 0 bridgehead atoms. The lowest BCUT2D eigenvalue weighted by Gasteiger charge is -2.09. The van der Waals surface area contributed by atoms with Crippen LogP contribution in [0.25, 0.3) is 17.0 Å². The minimum atomic E-state index is -0.274. The number of aromatic nitrogens is 4. The van der Waals surface area contributed by atoms with E-state index in [4.69, 9.17) is 4.74 Å². The van der Waals surface area contributed by atoms with Gasteiger partial charge in [-0.3, -0.25) is 9.59 Å².